The number of anilines is 2. The second-order valence-electron chi connectivity index (χ2n) is 12.5. The Bertz CT molecular complexity index is 1460. The van der Waals surface area contributed by atoms with Gasteiger partial charge in [-0.2, -0.15) is 0 Å². The zero-order chi connectivity index (χ0) is 29.1. The molecule has 0 bridgehead atoms. The summed E-state index contributed by atoms with van der Waals surface area (Å²) < 4.78 is 0. The molecule has 2 aliphatic carbocycles. The van der Waals surface area contributed by atoms with Crippen LogP contribution < -0.4 is 21.3 Å². The van der Waals surface area contributed by atoms with Crippen LogP contribution in [-0.2, 0) is 4.79 Å². The molecule has 0 radical (unpaired) electrons. The van der Waals surface area contributed by atoms with Gasteiger partial charge < -0.3 is 21.3 Å². The van der Waals surface area contributed by atoms with Gasteiger partial charge in [-0.15, -0.1) is 0 Å². The highest BCUT2D eigenvalue weighted by Gasteiger charge is 2.38. The number of carbonyl (C=O) groups excluding carboxylic acids is 3. The molecule has 0 spiro atoms. The maximum Gasteiger partial charge on any atom is 0.258 e. The fourth-order valence-electron chi connectivity index (χ4n) is 7.41. The lowest BCUT2D eigenvalue weighted by molar-refractivity contribution is -0.116. The molecule has 0 saturated heterocycles. The number of rotatable bonds is 6. The van der Waals surface area contributed by atoms with Crippen LogP contribution in [0.5, 0.6) is 0 Å². The minimum absolute atomic E-state index is 0.113. The highest BCUT2D eigenvalue weighted by Crippen LogP contribution is 2.40. The van der Waals surface area contributed by atoms with E-state index < -0.39 is 0 Å². The van der Waals surface area contributed by atoms with Crippen molar-refractivity contribution in [2.24, 2.45) is 23.5 Å². The van der Waals surface area contributed by atoms with Crippen molar-refractivity contribution in [2.75, 3.05) is 23.3 Å². The molecule has 2 fully saturated rings. The molecule has 0 aromatic heterocycles. The van der Waals surface area contributed by atoms with Crippen molar-refractivity contribution in [1.29, 1.82) is 0 Å². The number of carbonyl (C=O) groups is 3. The molecule has 4 N–H and O–H groups in total. The summed E-state index contributed by atoms with van der Waals surface area (Å²) in [5.41, 5.74) is 8.15. The predicted octanol–water partition coefficient (Wildman–Crippen LogP) is 6.27. The Kier molecular flexibility index (Phi) is 8.56. The summed E-state index contributed by atoms with van der Waals surface area (Å²) in [7, 11) is 0. The van der Waals surface area contributed by atoms with Gasteiger partial charge in [0.2, 0.25) is 5.91 Å². The minimum atomic E-state index is -0.244. The van der Waals surface area contributed by atoms with Gasteiger partial charge in [-0.1, -0.05) is 56.0 Å². The van der Waals surface area contributed by atoms with E-state index in [-0.39, 0.29) is 36.1 Å². The van der Waals surface area contributed by atoms with Crippen LogP contribution in [0, 0.1) is 17.8 Å². The van der Waals surface area contributed by atoms with Crippen LogP contribution in [0.15, 0.2) is 60.7 Å². The van der Waals surface area contributed by atoms with Crippen molar-refractivity contribution in [3.8, 4) is 0 Å². The van der Waals surface area contributed by atoms with Gasteiger partial charge in [0, 0.05) is 30.1 Å². The van der Waals surface area contributed by atoms with E-state index in [1.165, 1.54) is 12.8 Å². The first kappa shape index (κ1) is 28.4. The number of amides is 3. The number of nitrogens with two attached hydrogens (primary N) is 1. The minimum Gasteiger partial charge on any atom is -0.352 e. The maximum atomic E-state index is 14.4. The van der Waals surface area contributed by atoms with E-state index in [4.69, 9.17) is 5.73 Å². The topological polar surface area (TPSA) is 105 Å². The molecule has 42 heavy (non-hydrogen) atoms. The Morgan fingerprint density at radius 2 is 1.62 bits per heavy atom. The summed E-state index contributed by atoms with van der Waals surface area (Å²) in [6.07, 6.45) is 10.1. The van der Waals surface area contributed by atoms with Crippen molar-refractivity contribution in [1.82, 2.24) is 5.32 Å². The first-order chi connectivity index (χ1) is 20.5. The summed E-state index contributed by atoms with van der Waals surface area (Å²) in [5.74, 6) is 0.819. The number of nitrogens with one attached hydrogen (secondary N) is 2. The molecule has 6 rings (SSSR count). The Labute approximate surface area is 248 Å². The number of hydrogen-bond donors (Lipinski definition) is 3. The number of nitrogens with zero attached hydrogens (tertiary/aromatic N) is 1. The van der Waals surface area contributed by atoms with Crippen molar-refractivity contribution in [2.45, 2.75) is 70.3 Å². The summed E-state index contributed by atoms with van der Waals surface area (Å²) in [5, 5.41) is 8.24. The predicted molar refractivity (Wildman–Crippen MR) is 168 cm³/mol. The van der Waals surface area contributed by atoms with E-state index in [2.05, 4.69) is 10.6 Å². The van der Waals surface area contributed by atoms with E-state index >= 15 is 0 Å². The lowest BCUT2D eigenvalue weighted by atomic mass is 9.81. The normalized spacial score (nSPS) is 23.1. The molecule has 7 heteroatoms. The van der Waals surface area contributed by atoms with Crippen molar-refractivity contribution in [3.63, 3.8) is 0 Å². The van der Waals surface area contributed by atoms with Gasteiger partial charge in [0.25, 0.3) is 11.8 Å². The molecule has 3 aliphatic rings. The van der Waals surface area contributed by atoms with Crippen LogP contribution in [0.25, 0.3) is 10.8 Å². The fraction of sp³-hybridized carbons (Fsp3) is 0.457. The zero-order valence-electron chi connectivity index (χ0n) is 24.3. The Hall–Kier alpha value is -3.71. The van der Waals surface area contributed by atoms with E-state index in [9.17, 15) is 14.4 Å². The van der Waals surface area contributed by atoms with Crippen molar-refractivity contribution < 1.29 is 14.4 Å². The average molecular weight is 567 g/mol. The highest BCUT2D eigenvalue weighted by atomic mass is 16.2. The third-order valence-corrected chi connectivity index (χ3v) is 9.70. The van der Waals surface area contributed by atoms with Crippen LogP contribution in [0.3, 0.4) is 0 Å². The van der Waals surface area contributed by atoms with Gasteiger partial charge in [-0.3, -0.25) is 14.4 Å². The van der Waals surface area contributed by atoms with Gasteiger partial charge in [0.05, 0.1) is 11.4 Å². The molecular weight excluding hydrogens is 524 g/mol. The molecule has 3 atom stereocenters. The third-order valence-electron chi connectivity index (χ3n) is 9.70. The molecule has 3 aromatic rings. The first-order valence-corrected chi connectivity index (χ1v) is 15.7. The Morgan fingerprint density at radius 3 is 2.43 bits per heavy atom. The SMILES string of the molecule is NCC1CCCC(CNC(=O)c2ccc3c(c2)NC(=O)CC(C2CCCCC2)N3C(=O)c2ccc3ccccc3c2)C1. The van der Waals surface area contributed by atoms with Gasteiger partial charge in [0.15, 0.2) is 0 Å². The zero-order valence-corrected chi connectivity index (χ0v) is 24.3. The smallest absolute Gasteiger partial charge is 0.258 e. The highest BCUT2D eigenvalue weighted by molar-refractivity contribution is 6.13. The van der Waals surface area contributed by atoms with Crippen LogP contribution in [0.1, 0.15) is 84.9 Å². The number of hydrogen-bond acceptors (Lipinski definition) is 4. The van der Waals surface area contributed by atoms with Gasteiger partial charge >= 0.3 is 0 Å². The van der Waals surface area contributed by atoms with E-state index in [0.717, 1.165) is 55.7 Å². The average Bonchev–Trinajstić information content (AvgIpc) is 3.18. The molecule has 220 valence electrons. The number of fused-ring (bicyclic) bond motifs is 2. The summed E-state index contributed by atoms with van der Waals surface area (Å²) >= 11 is 0. The Balaban J connectivity index is 1.31. The molecule has 3 aromatic carbocycles. The first-order valence-electron chi connectivity index (χ1n) is 15.7. The lowest BCUT2D eigenvalue weighted by Crippen LogP contribution is -2.46. The third kappa shape index (κ3) is 6.07. The van der Waals surface area contributed by atoms with Crippen molar-refractivity contribution >= 4 is 39.9 Å². The fourth-order valence-corrected chi connectivity index (χ4v) is 7.41. The molecule has 3 amide bonds. The van der Waals surface area contributed by atoms with Gasteiger partial charge in [0.1, 0.15) is 0 Å². The van der Waals surface area contributed by atoms with Gasteiger partial charge in [-0.05, 0) is 97.5 Å². The Morgan fingerprint density at radius 1 is 0.857 bits per heavy atom. The van der Waals surface area contributed by atoms with Crippen LogP contribution in [0.2, 0.25) is 0 Å². The summed E-state index contributed by atoms with van der Waals surface area (Å²) in [4.78, 5) is 42.7. The lowest BCUT2D eigenvalue weighted by Gasteiger charge is -2.37. The van der Waals surface area contributed by atoms with Crippen LogP contribution in [-0.4, -0.2) is 36.9 Å². The van der Waals surface area contributed by atoms with Crippen LogP contribution >= 0.6 is 0 Å². The molecule has 1 heterocycles. The van der Waals surface area contributed by atoms with E-state index in [1.54, 1.807) is 12.1 Å². The van der Waals surface area contributed by atoms with Gasteiger partial charge in [-0.25, -0.2) is 0 Å². The summed E-state index contributed by atoms with van der Waals surface area (Å²) in [6.45, 7) is 1.32. The van der Waals surface area contributed by atoms with E-state index in [0.29, 0.717) is 47.4 Å². The quantitative estimate of drug-likeness (QED) is 0.327. The summed E-state index contributed by atoms with van der Waals surface area (Å²) in [6, 6.07) is 18.9. The van der Waals surface area contributed by atoms with Crippen molar-refractivity contribution in [3.05, 3.63) is 71.8 Å². The molecular formula is C35H42N4O3. The standard InChI is InChI=1S/C35H42N4O3/c36-21-23-7-6-8-24(17-23)22-37-34(41)28-15-16-31-30(19-28)38-33(40)20-32(26-10-2-1-3-11-26)39(31)35(42)29-14-13-25-9-4-5-12-27(25)18-29/h4-5,9,12-16,18-19,23-24,26,32H,1-3,6-8,10-11,17,20-22,36H2,(H,37,41)(H,38,40). The number of benzene rings is 3. The van der Waals surface area contributed by atoms with Crippen LogP contribution in [0.4, 0.5) is 11.4 Å². The maximum absolute atomic E-state index is 14.4. The molecule has 3 unspecified atom stereocenters. The second-order valence-corrected chi connectivity index (χ2v) is 12.5. The molecule has 2 saturated carbocycles. The monoisotopic (exact) mass is 566 g/mol. The van der Waals surface area contributed by atoms with E-state index in [1.807, 2.05) is 53.4 Å². The molecule has 1 aliphatic heterocycles. The largest absolute Gasteiger partial charge is 0.352 e. The second kappa shape index (κ2) is 12.7. The molecule has 7 nitrogen and oxygen atoms in total.